The van der Waals surface area contributed by atoms with Crippen LogP contribution in [0.1, 0.15) is 36.8 Å². The Morgan fingerprint density at radius 3 is 2.69 bits per heavy atom. The molecule has 0 saturated carbocycles. The topological polar surface area (TPSA) is 97.5 Å². The van der Waals surface area contributed by atoms with E-state index in [-0.39, 0.29) is 12.5 Å². The predicted octanol–water partition coefficient (Wildman–Crippen LogP) is 3.55. The minimum atomic E-state index is -0.750. The minimum Gasteiger partial charge on any atom is -0.368 e. The van der Waals surface area contributed by atoms with Gasteiger partial charge in [0.1, 0.15) is 0 Å². The first-order valence-corrected chi connectivity index (χ1v) is 9.84. The first-order valence-electron chi connectivity index (χ1n) is 9.84. The van der Waals surface area contributed by atoms with Crippen LogP contribution in [0.2, 0.25) is 0 Å². The third-order valence-corrected chi connectivity index (χ3v) is 4.82. The molecule has 0 aliphatic rings. The molecule has 0 fully saturated rings. The van der Waals surface area contributed by atoms with Crippen molar-refractivity contribution in [3.8, 4) is 0 Å². The maximum Gasteiger partial charge on any atom is 0.233 e. The van der Waals surface area contributed by atoms with Crippen LogP contribution in [-0.2, 0) is 16.1 Å². The van der Waals surface area contributed by atoms with Gasteiger partial charge in [0.2, 0.25) is 5.91 Å². The molecule has 0 radical (unpaired) electrons. The number of nitrogens with zero attached hydrogens (tertiary/aromatic N) is 1. The lowest BCUT2D eigenvalue weighted by molar-refractivity contribution is -0.117. The number of nitrogens with one attached hydrogen (secondary N) is 1. The summed E-state index contributed by atoms with van der Waals surface area (Å²) in [7, 11) is 0. The molecule has 2 aromatic carbocycles. The first-order chi connectivity index (χ1) is 14.1. The van der Waals surface area contributed by atoms with Crippen molar-refractivity contribution in [1.29, 1.82) is 0 Å². The predicted molar refractivity (Wildman–Crippen MR) is 114 cm³/mol. The molecule has 0 bridgehead atoms. The Balaban J connectivity index is 1.65. The lowest BCUT2D eigenvalue weighted by Crippen LogP contribution is -2.27. The summed E-state index contributed by atoms with van der Waals surface area (Å²) < 4.78 is 5.40. The van der Waals surface area contributed by atoms with Gasteiger partial charge in [0.15, 0.2) is 6.29 Å². The van der Waals surface area contributed by atoms with E-state index in [9.17, 15) is 9.90 Å². The lowest BCUT2D eigenvalue weighted by atomic mass is 9.97. The molecule has 152 valence electrons. The summed E-state index contributed by atoms with van der Waals surface area (Å²) in [5.41, 5.74) is 8.39. The molecule has 29 heavy (non-hydrogen) atoms. The number of benzene rings is 2. The Morgan fingerprint density at radius 2 is 1.97 bits per heavy atom. The second-order valence-corrected chi connectivity index (χ2v) is 7.01. The minimum absolute atomic E-state index is 0.150. The average Bonchev–Trinajstić information content (AvgIpc) is 2.74. The van der Waals surface area contributed by atoms with E-state index in [0.29, 0.717) is 13.0 Å². The van der Waals surface area contributed by atoms with E-state index in [2.05, 4.69) is 10.3 Å². The maximum absolute atomic E-state index is 12.8. The summed E-state index contributed by atoms with van der Waals surface area (Å²) in [4.78, 5) is 16.9. The molecule has 0 aliphatic carbocycles. The van der Waals surface area contributed by atoms with Gasteiger partial charge in [-0.3, -0.25) is 9.78 Å². The summed E-state index contributed by atoms with van der Waals surface area (Å²) in [6, 6.07) is 15.2. The molecule has 1 aromatic heterocycles. The fraction of sp³-hybridized carbons (Fsp3) is 0.304. The largest absolute Gasteiger partial charge is 0.368 e. The number of pyridine rings is 1. The van der Waals surface area contributed by atoms with Gasteiger partial charge in [0, 0.05) is 30.0 Å². The second kappa shape index (κ2) is 10.1. The number of carbonyl (C=O) groups excluding carboxylic acids is 1. The van der Waals surface area contributed by atoms with E-state index >= 15 is 0 Å². The molecule has 6 heteroatoms. The molecule has 3 rings (SSSR count). The van der Waals surface area contributed by atoms with E-state index < -0.39 is 12.2 Å². The van der Waals surface area contributed by atoms with Gasteiger partial charge >= 0.3 is 0 Å². The number of aliphatic hydroxyl groups is 1. The van der Waals surface area contributed by atoms with Crippen LogP contribution in [0.3, 0.4) is 0 Å². The van der Waals surface area contributed by atoms with Gasteiger partial charge in [0.05, 0.1) is 12.5 Å². The summed E-state index contributed by atoms with van der Waals surface area (Å²) in [6.07, 6.45) is 4.24. The van der Waals surface area contributed by atoms with Crippen molar-refractivity contribution in [3.63, 3.8) is 0 Å². The Kier molecular flexibility index (Phi) is 7.30. The Morgan fingerprint density at radius 1 is 1.17 bits per heavy atom. The van der Waals surface area contributed by atoms with Crippen molar-refractivity contribution in [2.24, 2.45) is 5.73 Å². The molecule has 2 atom stereocenters. The van der Waals surface area contributed by atoms with Crippen LogP contribution >= 0.6 is 0 Å². The van der Waals surface area contributed by atoms with Crippen LogP contribution in [0.15, 0.2) is 60.9 Å². The van der Waals surface area contributed by atoms with E-state index in [4.69, 9.17) is 10.5 Å². The van der Waals surface area contributed by atoms with Crippen molar-refractivity contribution in [3.05, 3.63) is 72.1 Å². The highest BCUT2D eigenvalue weighted by Crippen LogP contribution is 2.22. The monoisotopic (exact) mass is 393 g/mol. The van der Waals surface area contributed by atoms with E-state index in [1.165, 1.54) is 0 Å². The summed E-state index contributed by atoms with van der Waals surface area (Å²) >= 11 is 0. The highest BCUT2D eigenvalue weighted by Gasteiger charge is 2.19. The first kappa shape index (κ1) is 20.9. The molecule has 0 aliphatic heterocycles. The highest BCUT2D eigenvalue weighted by atomic mass is 16.6. The summed E-state index contributed by atoms with van der Waals surface area (Å²) in [5.74, 6) is -0.605. The molecule has 1 heterocycles. The zero-order valence-electron chi connectivity index (χ0n) is 16.5. The number of nitrogens with two attached hydrogens (primary N) is 1. The Bertz CT molecular complexity index is 944. The standard InChI is InChI=1S/C23H27N3O3/c1-2-3-22(27)29-15-16-4-6-17(7-5-16)21(13-24)23(28)26-20-9-8-19-14-25-11-10-18(19)12-20/h4-12,14,21-22,27H,2-3,13,15,24H2,1H3,(H,26,28). The number of amides is 1. The fourth-order valence-electron chi connectivity index (χ4n) is 3.15. The highest BCUT2D eigenvalue weighted by molar-refractivity contribution is 5.98. The van der Waals surface area contributed by atoms with Gasteiger partial charge in [-0.1, -0.05) is 43.7 Å². The number of aliphatic hydroxyl groups excluding tert-OH is 1. The molecule has 1 amide bonds. The number of ether oxygens (including phenoxy) is 1. The van der Waals surface area contributed by atoms with E-state index in [1.54, 1.807) is 12.4 Å². The maximum atomic E-state index is 12.8. The summed E-state index contributed by atoms with van der Waals surface area (Å²) in [5, 5.41) is 14.7. The number of rotatable bonds is 9. The smallest absolute Gasteiger partial charge is 0.233 e. The quantitative estimate of drug-likeness (QED) is 0.483. The number of hydrogen-bond acceptors (Lipinski definition) is 5. The number of hydrogen-bond donors (Lipinski definition) is 3. The third-order valence-electron chi connectivity index (χ3n) is 4.82. The van der Waals surface area contributed by atoms with Crippen molar-refractivity contribution in [2.45, 2.75) is 38.6 Å². The number of aromatic nitrogens is 1. The number of fused-ring (bicyclic) bond motifs is 1. The van der Waals surface area contributed by atoms with E-state index in [0.717, 1.165) is 34.0 Å². The van der Waals surface area contributed by atoms with Crippen molar-refractivity contribution in [2.75, 3.05) is 11.9 Å². The molecule has 2 unspecified atom stereocenters. The molecular formula is C23H27N3O3. The Labute approximate surface area is 170 Å². The Hall–Kier alpha value is -2.80. The van der Waals surface area contributed by atoms with Crippen molar-refractivity contribution >= 4 is 22.4 Å². The third kappa shape index (κ3) is 5.60. The van der Waals surface area contributed by atoms with Gasteiger partial charge < -0.3 is 20.9 Å². The summed E-state index contributed by atoms with van der Waals surface area (Å²) in [6.45, 7) is 2.52. The van der Waals surface area contributed by atoms with Crippen LogP contribution in [0, 0.1) is 0 Å². The van der Waals surface area contributed by atoms with Gasteiger partial charge in [-0.05, 0) is 41.1 Å². The average molecular weight is 393 g/mol. The second-order valence-electron chi connectivity index (χ2n) is 7.01. The van der Waals surface area contributed by atoms with Crippen molar-refractivity contribution < 1.29 is 14.6 Å². The van der Waals surface area contributed by atoms with Crippen molar-refractivity contribution in [1.82, 2.24) is 4.98 Å². The molecule has 6 nitrogen and oxygen atoms in total. The van der Waals surface area contributed by atoms with E-state index in [1.807, 2.05) is 55.5 Å². The number of anilines is 1. The van der Waals surface area contributed by atoms with Gasteiger partial charge in [0.25, 0.3) is 0 Å². The lowest BCUT2D eigenvalue weighted by Gasteiger charge is -2.16. The molecule has 4 N–H and O–H groups in total. The fourth-order valence-corrected chi connectivity index (χ4v) is 3.15. The zero-order chi connectivity index (χ0) is 20.6. The normalized spacial score (nSPS) is 13.2. The van der Waals surface area contributed by atoms with Gasteiger partial charge in [-0.15, -0.1) is 0 Å². The molecular weight excluding hydrogens is 366 g/mol. The number of carbonyl (C=O) groups is 1. The van der Waals surface area contributed by atoms with Crippen LogP contribution in [-0.4, -0.2) is 28.8 Å². The zero-order valence-corrected chi connectivity index (χ0v) is 16.5. The van der Waals surface area contributed by atoms with Crippen LogP contribution < -0.4 is 11.1 Å². The van der Waals surface area contributed by atoms with Crippen LogP contribution in [0.5, 0.6) is 0 Å². The SMILES string of the molecule is CCCC(O)OCc1ccc(C(CN)C(=O)Nc2ccc3cnccc3c2)cc1. The molecule has 0 spiro atoms. The van der Waals surface area contributed by atoms with Crippen LogP contribution in [0.4, 0.5) is 5.69 Å². The molecule has 0 saturated heterocycles. The van der Waals surface area contributed by atoms with Gasteiger partial charge in [-0.25, -0.2) is 0 Å². The van der Waals surface area contributed by atoms with Crippen LogP contribution in [0.25, 0.3) is 10.8 Å². The molecule has 3 aromatic rings. The van der Waals surface area contributed by atoms with Gasteiger partial charge in [-0.2, -0.15) is 0 Å².